The van der Waals surface area contributed by atoms with Gasteiger partial charge in [-0.25, -0.2) is 0 Å². The van der Waals surface area contributed by atoms with Gasteiger partial charge >= 0.3 is 5.69 Å². The summed E-state index contributed by atoms with van der Waals surface area (Å²) in [5, 5.41) is 20.1. The number of nitro groups is 1. The van der Waals surface area contributed by atoms with Crippen LogP contribution in [0.15, 0.2) is 42.5 Å². The lowest BCUT2D eigenvalue weighted by atomic mass is 10.2. The van der Waals surface area contributed by atoms with Gasteiger partial charge in [0, 0.05) is 6.07 Å². The average molecular weight is 275 g/mol. The van der Waals surface area contributed by atoms with Gasteiger partial charge < -0.3 is 14.6 Å². The van der Waals surface area contributed by atoms with Crippen LogP contribution in [-0.2, 0) is 6.61 Å². The molecule has 0 saturated heterocycles. The first-order valence-electron chi connectivity index (χ1n) is 5.84. The highest BCUT2D eigenvalue weighted by atomic mass is 16.6. The number of nitrogens with zero attached hydrogens (tertiary/aromatic N) is 1. The summed E-state index contributed by atoms with van der Waals surface area (Å²) in [4.78, 5) is 10.5. The maximum atomic E-state index is 11.0. The third-order valence-electron chi connectivity index (χ3n) is 2.69. The summed E-state index contributed by atoms with van der Waals surface area (Å²) in [6.07, 6.45) is 0. The van der Waals surface area contributed by atoms with Crippen LogP contribution < -0.4 is 9.47 Å². The molecule has 6 heteroatoms. The maximum absolute atomic E-state index is 11.0. The fourth-order valence-electron chi connectivity index (χ4n) is 1.71. The summed E-state index contributed by atoms with van der Waals surface area (Å²) in [6.45, 7) is -0.268. The molecule has 0 aliphatic heterocycles. The number of benzene rings is 2. The summed E-state index contributed by atoms with van der Waals surface area (Å²) in [6, 6.07) is 11.2. The Balaban J connectivity index is 2.40. The molecule has 0 bridgehead atoms. The van der Waals surface area contributed by atoms with E-state index in [4.69, 9.17) is 14.6 Å². The van der Waals surface area contributed by atoms with Crippen molar-refractivity contribution in [2.24, 2.45) is 0 Å². The van der Waals surface area contributed by atoms with Crippen molar-refractivity contribution >= 4 is 5.69 Å². The Labute approximate surface area is 115 Å². The quantitative estimate of drug-likeness (QED) is 0.670. The lowest BCUT2D eigenvalue weighted by molar-refractivity contribution is -0.385. The van der Waals surface area contributed by atoms with E-state index >= 15 is 0 Å². The van der Waals surface area contributed by atoms with Crippen molar-refractivity contribution in [3.63, 3.8) is 0 Å². The third kappa shape index (κ3) is 2.86. The van der Waals surface area contributed by atoms with Gasteiger partial charge in [-0.05, 0) is 23.8 Å². The van der Waals surface area contributed by atoms with Crippen molar-refractivity contribution in [2.45, 2.75) is 6.61 Å². The molecule has 6 nitrogen and oxygen atoms in total. The number of methoxy groups -OCH3 is 1. The minimum atomic E-state index is -0.552. The lowest BCUT2D eigenvalue weighted by Crippen LogP contribution is -1.96. The smallest absolute Gasteiger partial charge is 0.311 e. The highest BCUT2D eigenvalue weighted by Gasteiger charge is 2.17. The Morgan fingerprint density at radius 1 is 1.15 bits per heavy atom. The summed E-state index contributed by atoms with van der Waals surface area (Å²) < 4.78 is 10.7. The van der Waals surface area contributed by atoms with Crippen molar-refractivity contribution in [1.29, 1.82) is 0 Å². The Morgan fingerprint density at radius 3 is 2.45 bits per heavy atom. The van der Waals surface area contributed by atoms with Crippen molar-refractivity contribution in [1.82, 2.24) is 0 Å². The van der Waals surface area contributed by atoms with Crippen LogP contribution in [0.2, 0.25) is 0 Å². The van der Waals surface area contributed by atoms with Gasteiger partial charge in [0.1, 0.15) is 0 Å². The predicted octanol–water partition coefficient (Wildman–Crippen LogP) is 2.89. The predicted molar refractivity (Wildman–Crippen MR) is 72.1 cm³/mol. The number of ether oxygens (including phenoxy) is 2. The number of rotatable bonds is 5. The van der Waals surface area contributed by atoms with Crippen LogP contribution in [0.3, 0.4) is 0 Å². The van der Waals surface area contributed by atoms with Gasteiger partial charge in [-0.2, -0.15) is 0 Å². The molecule has 20 heavy (non-hydrogen) atoms. The highest BCUT2D eigenvalue weighted by molar-refractivity contribution is 5.52. The van der Waals surface area contributed by atoms with Crippen molar-refractivity contribution in [2.75, 3.05) is 7.11 Å². The standard InChI is InChI=1S/C14H13NO5/c1-19-13-4-2-3-5-14(13)20-12-7-6-10(9-16)8-11(12)15(17)18/h2-8,16H,9H2,1H3. The molecule has 0 aliphatic rings. The molecule has 2 aromatic carbocycles. The van der Waals surface area contributed by atoms with Crippen LogP contribution >= 0.6 is 0 Å². The van der Waals surface area contributed by atoms with Crippen LogP contribution in [0.4, 0.5) is 5.69 Å². The number of aliphatic hydroxyl groups excluding tert-OH is 1. The van der Waals surface area contributed by atoms with Gasteiger partial charge in [0.2, 0.25) is 5.75 Å². The molecular weight excluding hydrogens is 262 g/mol. The number of aliphatic hydroxyl groups is 1. The molecule has 0 unspecified atom stereocenters. The Hall–Kier alpha value is -2.60. The minimum Gasteiger partial charge on any atom is -0.493 e. The first-order valence-corrected chi connectivity index (χ1v) is 5.84. The molecule has 0 saturated carbocycles. The first kappa shape index (κ1) is 13.8. The molecule has 2 rings (SSSR count). The summed E-state index contributed by atoms with van der Waals surface area (Å²) in [5.41, 5.74) is 0.242. The molecule has 0 radical (unpaired) electrons. The molecule has 0 fully saturated rings. The van der Waals surface area contributed by atoms with E-state index in [1.165, 1.54) is 19.2 Å². The second-order valence-corrected chi connectivity index (χ2v) is 3.97. The Kier molecular flexibility index (Phi) is 4.17. The molecule has 0 aliphatic carbocycles. The Morgan fingerprint density at radius 2 is 1.85 bits per heavy atom. The summed E-state index contributed by atoms with van der Waals surface area (Å²) in [5.74, 6) is 0.958. The molecule has 2 aromatic rings. The normalized spacial score (nSPS) is 10.1. The minimum absolute atomic E-state index is 0.0942. The first-order chi connectivity index (χ1) is 9.65. The van der Waals surface area contributed by atoms with Gasteiger partial charge in [0.25, 0.3) is 0 Å². The van der Waals surface area contributed by atoms with Crippen molar-refractivity contribution < 1.29 is 19.5 Å². The SMILES string of the molecule is COc1ccccc1Oc1ccc(CO)cc1[N+](=O)[O-]. The van der Waals surface area contributed by atoms with Gasteiger partial charge in [0.15, 0.2) is 11.5 Å². The van der Waals surface area contributed by atoms with E-state index in [0.29, 0.717) is 17.1 Å². The van der Waals surface area contributed by atoms with Crippen molar-refractivity contribution in [3.05, 3.63) is 58.1 Å². The zero-order valence-electron chi connectivity index (χ0n) is 10.8. The molecular formula is C14H13NO5. The molecule has 1 N–H and O–H groups in total. The monoisotopic (exact) mass is 275 g/mol. The molecule has 0 atom stereocenters. The van der Waals surface area contributed by atoms with E-state index in [1.807, 2.05) is 0 Å². The zero-order valence-corrected chi connectivity index (χ0v) is 10.8. The van der Waals surface area contributed by atoms with Gasteiger partial charge in [0.05, 0.1) is 18.6 Å². The van der Waals surface area contributed by atoms with E-state index in [1.54, 1.807) is 30.3 Å². The van der Waals surface area contributed by atoms with E-state index in [2.05, 4.69) is 0 Å². The molecule has 104 valence electrons. The lowest BCUT2D eigenvalue weighted by Gasteiger charge is -2.10. The summed E-state index contributed by atoms with van der Waals surface area (Å²) >= 11 is 0. The van der Waals surface area contributed by atoms with Gasteiger partial charge in [-0.3, -0.25) is 10.1 Å². The average Bonchev–Trinajstić information content (AvgIpc) is 2.48. The van der Waals surface area contributed by atoms with Crippen LogP contribution in [0.1, 0.15) is 5.56 Å². The maximum Gasteiger partial charge on any atom is 0.311 e. The fourth-order valence-corrected chi connectivity index (χ4v) is 1.71. The van der Waals surface area contributed by atoms with Crippen LogP contribution in [0.25, 0.3) is 0 Å². The second-order valence-electron chi connectivity index (χ2n) is 3.97. The zero-order chi connectivity index (χ0) is 14.5. The molecule has 0 aromatic heterocycles. The van der Waals surface area contributed by atoms with Crippen LogP contribution in [-0.4, -0.2) is 17.1 Å². The van der Waals surface area contributed by atoms with E-state index in [0.717, 1.165) is 0 Å². The van der Waals surface area contributed by atoms with E-state index in [-0.39, 0.29) is 18.0 Å². The van der Waals surface area contributed by atoms with Crippen LogP contribution in [0.5, 0.6) is 17.2 Å². The molecule has 0 amide bonds. The number of nitro benzene ring substituents is 1. The topological polar surface area (TPSA) is 81.8 Å². The number of hydrogen-bond donors (Lipinski definition) is 1. The number of hydrogen-bond acceptors (Lipinski definition) is 5. The van der Waals surface area contributed by atoms with Gasteiger partial charge in [-0.1, -0.05) is 18.2 Å². The molecule has 0 heterocycles. The fraction of sp³-hybridized carbons (Fsp3) is 0.143. The highest BCUT2D eigenvalue weighted by Crippen LogP contribution is 2.36. The summed E-state index contributed by atoms with van der Waals surface area (Å²) in [7, 11) is 1.49. The molecule has 0 spiro atoms. The van der Waals surface area contributed by atoms with E-state index < -0.39 is 4.92 Å². The Bertz CT molecular complexity index is 627. The van der Waals surface area contributed by atoms with Gasteiger partial charge in [-0.15, -0.1) is 0 Å². The van der Waals surface area contributed by atoms with Crippen LogP contribution in [0, 0.1) is 10.1 Å². The van der Waals surface area contributed by atoms with E-state index in [9.17, 15) is 10.1 Å². The number of para-hydroxylation sites is 2. The third-order valence-corrected chi connectivity index (χ3v) is 2.69. The second kappa shape index (κ2) is 6.03. The largest absolute Gasteiger partial charge is 0.493 e. The van der Waals surface area contributed by atoms with Crippen molar-refractivity contribution in [3.8, 4) is 17.2 Å².